The van der Waals surface area contributed by atoms with E-state index in [1.165, 1.54) is 12.7 Å². The van der Waals surface area contributed by atoms with Crippen LogP contribution in [0.15, 0.2) is 30.7 Å². The van der Waals surface area contributed by atoms with Gasteiger partial charge in [-0.2, -0.15) is 5.26 Å². The van der Waals surface area contributed by atoms with Gasteiger partial charge in [-0.3, -0.25) is 0 Å². The maximum atomic E-state index is 14.3. The number of likely N-dealkylation sites (tertiary alicyclic amines) is 1. The van der Waals surface area contributed by atoms with E-state index in [1.54, 1.807) is 20.0 Å². The van der Waals surface area contributed by atoms with Crippen molar-refractivity contribution in [1.82, 2.24) is 24.4 Å². The zero-order valence-corrected chi connectivity index (χ0v) is 20.3. The van der Waals surface area contributed by atoms with Crippen molar-refractivity contribution in [2.45, 2.75) is 38.6 Å². The number of halogens is 1. The highest BCUT2D eigenvalue weighted by Crippen LogP contribution is 2.33. The molecule has 2 aromatic heterocycles. The molecule has 0 unspecified atom stereocenters. The third-order valence-corrected chi connectivity index (χ3v) is 7.22. The van der Waals surface area contributed by atoms with Crippen LogP contribution in [-0.2, 0) is 6.54 Å². The third-order valence-electron chi connectivity index (χ3n) is 7.22. The van der Waals surface area contributed by atoms with E-state index in [2.05, 4.69) is 41.9 Å². The molecule has 1 N–H and O–H groups in total. The van der Waals surface area contributed by atoms with Crippen LogP contribution in [-0.4, -0.2) is 64.2 Å². The van der Waals surface area contributed by atoms with Crippen molar-refractivity contribution < 1.29 is 4.39 Å². The summed E-state index contributed by atoms with van der Waals surface area (Å²) in [5.41, 5.74) is 2.76. The number of aromatic nitrogens is 4. The lowest BCUT2D eigenvalue weighted by molar-refractivity contribution is 0.173. The van der Waals surface area contributed by atoms with Gasteiger partial charge in [0.05, 0.1) is 5.69 Å². The summed E-state index contributed by atoms with van der Waals surface area (Å²) in [6, 6.07) is 7.60. The second-order valence-corrected chi connectivity index (χ2v) is 9.38. The van der Waals surface area contributed by atoms with Crippen molar-refractivity contribution in [3.63, 3.8) is 0 Å². The van der Waals surface area contributed by atoms with Crippen LogP contribution in [0.5, 0.6) is 0 Å². The lowest BCUT2D eigenvalue weighted by Crippen LogP contribution is -2.39. The molecule has 2 aliphatic heterocycles. The topological polar surface area (TPSA) is 85.9 Å². The smallest absolute Gasteiger partial charge is 0.152 e. The van der Waals surface area contributed by atoms with Crippen LogP contribution in [0.2, 0.25) is 0 Å². The Hall–Kier alpha value is -3.51. The van der Waals surface area contributed by atoms with Gasteiger partial charge in [-0.15, -0.1) is 0 Å². The minimum Gasteiger partial charge on any atom is -0.372 e. The van der Waals surface area contributed by atoms with Gasteiger partial charge in [0, 0.05) is 50.9 Å². The number of nitrogens with one attached hydrogen (secondary N) is 1. The first-order valence-corrected chi connectivity index (χ1v) is 12.3. The van der Waals surface area contributed by atoms with E-state index in [9.17, 15) is 9.65 Å². The number of anilines is 2. The first-order chi connectivity index (χ1) is 17.1. The Morgan fingerprint density at radius 2 is 1.94 bits per heavy atom. The van der Waals surface area contributed by atoms with Crippen molar-refractivity contribution in [3.8, 4) is 17.3 Å². The molecule has 8 nitrogen and oxygen atoms in total. The molecule has 5 rings (SSSR count). The maximum Gasteiger partial charge on any atom is 0.152 e. The number of imidazole rings is 1. The fourth-order valence-electron chi connectivity index (χ4n) is 4.94. The summed E-state index contributed by atoms with van der Waals surface area (Å²) in [7, 11) is 1.76. The van der Waals surface area contributed by atoms with Gasteiger partial charge in [0.1, 0.15) is 35.4 Å². The molecule has 0 saturated carbocycles. The molecule has 182 valence electrons. The molecule has 35 heavy (non-hydrogen) atoms. The third kappa shape index (κ3) is 4.71. The summed E-state index contributed by atoms with van der Waals surface area (Å²) in [4.78, 5) is 18.2. The zero-order valence-electron chi connectivity index (χ0n) is 20.3. The molecule has 2 fully saturated rings. The molecule has 0 aliphatic carbocycles. The van der Waals surface area contributed by atoms with Crippen molar-refractivity contribution in [2.24, 2.45) is 0 Å². The first kappa shape index (κ1) is 23.2. The highest BCUT2D eigenvalue weighted by atomic mass is 19.1. The Morgan fingerprint density at radius 1 is 1.14 bits per heavy atom. The second-order valence-electron chi connectivity index (χ2n) is 9.38. The number of nitriles is 1. The molecule has 0 amide bonds. The highest BCUT2D eigenvalue weighted by Gasteiger charge is 2.28. The first-order valence-electron chi connectivity index (χ1n) is 12.3. The lowest BCUT2D eigenvalue weighted by Gasteiger charge is -2.34. The standard InChI is InChI=1S/C26H31FN8/c1-18-4-5-20(14-22(18)27)23-16-35(13-12-33-8-3-9-33)25(32-23)19-6-10-34(11-7-19)26-21(15-28)24(29-2)30-17-31-26/h4-5,14,16-17,19H,3,6-13H2,1-2H3,(H,29,30,31). The quantitative estimate of drug-likeness (QED) is 0.558. The van der Waals surface area contributed by atoms with E-state index in [-0.39, 0.29) is 5.82 Å². The predicted molar refractivity (Wildman–Crippen MR) is 134 cm³/mol. The van der Waals surface area contributed by atoms with E-state index in [0.29, 0.717) is 28.7 Å². The van der Waals surface area contributed by atoms with Crippen molar-refractivity contribution in [1.29, 1.82) is 5.26 Å². The molecular formula is C26H31FN8. The summed E-state index contributed by atoms with van der Waals surface area (Å²) in [6.45, 7) is 7.55. The molecule has 3 aromatic rings. The number of hydrogen-bond donors (Lipinski definition) is 1. The minimum absolute atomic E-state index is 0.202. The monoisotopic (exact) mass is 474 g/mol. The Bertz CT molecular complexity index is 1230. The van der Waals surface area contributed by atoms with Gasteiger partial charge in [-0.25, -0.2) is 19.3 Å². The summed E-state index contributed by atoms with van der Waals surface area (Å²) >= 11 is 0. The van der Waals surface area contributed by atoms with Gasteiger partial charge in [-0.1, -0.05) is 12.1 Å². The van der Waals surface area contributed by atoms with Gasteiger partial charge in [-0.05, 0) is 50.9 Å². The number of hydrogen-bond acceptors (Lipinski definition) is 7. The number of benzene rings is 1. The van der Waals surface area contributed by atoms with Crippen molar-refractivity contribution >= 4 is 11.6 Å². The molecule has 0 spiro atoms. The Labute approximate surface area is 205 Å². The number of piperidine rings is 1. The SMILES string of the molecule is CNc1ncnc(N2CCC(c3nc(-c4ccc(C)c(F)c4)cn3CCN3CCC3)CC2)c1C#N. The van der Waals surface area contributed by atoms with Crippen molar-refractivity contribution in [3.05, 3.63) is 53.5 Å². The van der Waals surface area contributed by atoms with E-state index >= 15 is 0 Å². The van der Waals surface area contributed by atoms with Crippen molar-refractivity contribution in [2.75, 3.05) is 50.0 Å². The molecule has 0 bridgehead atoms. The summed E-state index contributed by atoms with van der Waals surface area (Å²) in [6.07, 6.45) is 6.68. The second kappa shape index (κ2) is 10.0. The molecule has 2 saturated heterocycles. The van der Waals surface area contributed by atoms with Crippen LogP contribution in [0.4, 0.5) is 16.0 Å². The molecule has 0 atom stereocenters. The molecule has 9 heteroatoms. The van der Waals surface area contributed by atoms with Gasteiger partial charge in [0.25, 0.3) is 0 Å². The Balaban J connectivity index is 1.37. The van der Waals surface area contributed by atoms with Crippen LogP contribution < -0.4 is 10.2 Å². The lowest BCUT2D eigenvalue weighted by atomic mass is 9.95. The van der Waals surface area contributed by atoms with Gasteiger partial charge < -0.3 is 19.7 Å². The van der Waals surface area contributed by atoms with Crippen LogP contribution in [0.1, 0.15) is 42.1 Å². The average molecular weight is 475 g/mol. The molecular weight excluding hydrogens is 443 g/mol. The maximum absolute atomic E-state index is 14.3. The van der Waals surface area contributed by atoms with Crippen LogP contribution in [0.3, 0.4) is 0 Å². The summed E-state index contributed by atoms with van der Waals surface area (Å²) in [5, 5.41) is 12.6. The van der Waals surface area contributed by atoms with E-state index in [1.807, 2.05) is 12.1 Å². The fourth-order valence-corrected chi connectivity index (χ4v) is 4.94. The van der Waals surface area contributed by atoms with E-state index in [4.69, 9.17) is 4.98 Å². The molecule has 1 aromatic carbocycles. The average Bonchev–Trinajstić information content (AvgIpc) is 3.28. The van der Waals surface area contributed by atoms with E-state index < -0.39 is 0 Å². The largest absolute Gasteiger partial charge is 0.372 e. The predicted octanol–water partition coefficient (Wildman–Crippen LogP) is 3.79. The van der Waals surface area contributed by atoms with Gasteiger partial charge in [0.2, 0.25) is 0 Å². The normalized spacial score (nSPS) is 16.7. The number of aryl methyl sites for hydroxylation is 1. The highest BCUT2D eigenvalue weighted by molar-refractivity contribution is 5.65. The van der Waals surface area contributed by atoms with Gasteiger partial charge in [0.15, 0.2) is 5.82 Å². The molecule has 4 heterocycles. The molecule has 2 aliphatic rings. The van der Waals surface area contributed by atoms with Crippen LogP contribution >= 0.6 is 0 Å². The zero-order chi connectivity index (χ0) is 24.4. The number of rotatable bonds is 7. The fraction of sp³-hybridized carbons (Fsp3) is 0.462. The number of nitrogens with zero attached hydrogens (tertiary/aromatic N) is 7. The Kier molecular flexibility index (Phi) is 6.64. The van der Waals surface area contributed by atoms with Crippen LogP contribution in [0, 0.1) is 24.1 Å². The summed E-state index contributed by atoms with van der Waals surface area (Å²) in [5.74, 6) is 2.40. The minimum atomic E-state index is -0.202. The Morgan fingerprint density at radius 3 is 2.60 bits per heavy atom. The van der Waals surface area contributed by atoms with E-state index in [0.717, 1.165) is 69.2 Å². The summed E-state index contributed by atoms with van der Waals surface area (Å²) < 4.78 is 16.5. The van der Waals surface area contributed by atoms with Gasteiger partial charge >= 0.3 is 0 Å². The van der Waals surface area contributed by atoms with Crippen LogP contribution in [0.25, 0.3) is 11.3 Å². The molecule has 0 radical (unpaired) electrons.